The van der Waals surface area contributed by atoms with Gasteiger partial charge in [0.2, 0.25) is 0 Å². The molecule has 1 N–H and O–H groups in total. The van der Waals surface area contributed by atoms with Gasteiger partial charge in [-0.3, -0.25) is 4.79 Å². The molecule has 0 aromatic heterocycles. The lowest BCUT2D eigenvalue weighted by Gasteiger charge is -2.27. The van der Waals surface area contributed by atoms with Crippen LogP contribution in [0.2, 0.25) is 5.02 Å². The highest BCUT2D eigenvalue weighted by atomic mass is 35.5. The maximum Gasteiger partial charge on any atom is 0.326 e. The summed E-state index contributed by atoms with van der Waals surface area (Å²) in [7, 11) is 0. The number of benzene rings is 1. The van der Waals surface area contributed by atoms with E-state index in [2.05, 4.69) is 0 Å². The summed E-state index contributed by atoms with van der Waals surface area (Å²) < 4.78 is 0. The van der Waals surface area contributed by atoms with E-state index >= 15 is 0 Å². The van der Waals surface area contributed by atoms with Gasteiger partial charge in [0.15, 0.2) is 0 Å². The predicted octanol–water partition coefficient (Wildman–Crippen LogP) is 3.12. The quantitative estimate of drug-likeness (QED) is 0.912. The second kappa shape index (κ2) is 6.27. The van der Waals surface area contributed by atoms with Crippen molar-refractivity contribution >= 4 is 23.5 Å². The Balaban J connectivity index is 2.28. The minimum Gasteiger partial charge on any atom is -0.480 e. The van der Waals surface area contributed by atoms with Gasteiger partial charge in [0.1, 0.15) is 6.04 Å². The number of amides is 1. The smallest absolute Gasteiger partial charge is 0.326 e. The second-order valence-electron chi connectivity index (χ2n) is 5.17. The van der Waals surface area contributed by atoms with E-state index in [4.69, 9.17) is 11.6 Å². The van der Waals surface area contributed by atoms with Crippen LogP contribution in [-0.2, 0) is 4.79 Å². The molecule has 1 aromatic carbocycles. The first-order valence-corrected chi connectivity index (χ1v) is 7.18. The van der Waals surface area contributed by atoms with Gasteiger partial charge in [0.25, 0.3) is 5.91 Å². The molecule has 1 heterocycles. The molecule has 108 valence electrons. The molecule has 0 aliphatic carbocycles. The average Bonchev–Trinajstić information content (AvgIpc) is 2.66. The van der Waals surface area contributed by atoms with Crippen molar-refractivity contribution in [2.24, 2.45) is 0 Å². The summed E-state index contributed by atoms with van der Waals surface area (Å²) in [6.07, 6.45) is 3.18. The van der Waals surface area contributed by atoms with E-state index < -0.39 is 12.0 Å². The van der Waals surface area contributed by atoms with E-state index in [9.17, 15) is 14.7 Å². The predicted molar refractivity (Wildman–Crippen MR) is 77.1 cm³/mol. The Kier molecular flexibility index (Phi) is 4.65. The highest BCUT2D eigenvalue weighted by molar-refractivity contribution is 6.31. The number of rotatable bonds is 2. The van der Waals surface area contributed by atoms with Gasteiger partial charge in [0, 0.05) is 17.1 Å². The van der Waals surface area contributed by atoms with E-state index in [1.54, 1.807) is 18.2 Å². The lowest BCUT2D eigenvalue weighted by atomic mass is 10.1. The summed E-state index contributed by atoms with van der Waals surface area (Å²) in [6.45, 7) is 2.33. The Hall–Kier alpha value is -1.55. The van der Waals surface area contributed by atoms with Gasteiger partial charge < -0.3 is 10.0 Å². The molecular weight excluding hydrogens is 278 g/mol. The first kappa shape index (κ1) is 14.9. The Bertz CT molecular complexity index is 530. The number of carboxylic acids is 1. The zero-order chi connectivity index (χ0) is 14.7. The molecule has 1 saturated heterocycles. The van der Waals surface area contributed by atoms with Crippen LogP contribution < -0.4 is 0 Å². The first-order chi connectivity index (χ1) is 9.50. The van der Waals surface area contributed by atoms with Gasteiger partial charge in [0.05, 0.1) is 0 Å². The number of aliphatic carboxylic acids is 1. The van der Waals surface area contributed by atoms with Crippen LogP contribution >= 0.6 is 11.6 Å². The molecule has 0 saturated carbocycles. The van der Waals surface area contributed by atoms with Gasteiger partial charge >= 0.3 is 5.97 Å². The summed E-state index contributed by atoms with van der Waals surface area (Å²) >= 11 is 5.96. The minimum atomic E-state index is -0.925. The zero-order valence-electron chi connectivity index (χ0n) is 11.4. The fourth-order valence-electron chi connectivity index (χ4n) is 2.55. The van der Waals surface area contributed by atoms with Gasteiger partial charge in [-0.1, -0.05) is 24.4 Å². The molecule has 20 heavy (non-hydrogen) atoms. The molecule has 4 nitrogen and oxygen atoms in total. The molecule has 1 aliphatic heterocycles. The third kappa shape index (κ3) is 3.12. The number of carbonyl (C=O) groups excluding carboxylic acids is 1. The zero-order valence-corrected chi connectivity index (χ0v) is 12.2. The van der Waals surface area contributed by atoms with E-state index in [1.165, 1.54) is 4.90 Å². The molecule has 1 amide bonds. The minimum absolute atomic E-state index is 0.223. The lowest BCUT2D eigenvalue weighted by Crippen LogP contribution is -2.44. The van der Waals surface area contributed by atoms with Crippen LogP contribution in [0.15, 0.2) is 18.2 Å². The van der Waals surface area contributed by atoms with Crippen LogP contribution in [0.4, 0.5) is 0 Å². The van der Waals surface area contributed by atoms with Crippen molar-refractivity contribution in [3.63, 3.8) is 0 Å². The number of hydrogen-bond acceptors (Lipinski definition) is 2. The fraction of sp³-hybridized carbons (Fsp3) is 0.467. The van der Waals surface area contributed by atoms with E-state index in [0.29, 0.717) is 23.6 Å². The highest BCUT2D eigenvalue weighted by Crippen LogP contribution is 2.22. The molecule has 5 heteroatoms. The maximum atomic E-state index is 12.6. The molecule has 1 atom stereocenters. The van der Waals surface area contributed by atoms with Gasteiger partial charge in [-0.05, 0) is 43.5 Å². The number of aryl methyl sites for hydroxylation is 1. The number of likely N-dealkylation sites (tertiary alicyclic amines) is 1. The molecule has 1 aliphatic rings. The van der Waals surface area contributed by atoms with Gasteiger partial charge in [-0.25, -0.2) is 4.79 Å². The number of halogens is 1. The molecular formula is C15H18ClNO3. The van der Waals surface area contributed by atoms with Crippen LogP contribution in [-0.4, -0.2) is 34.5 Å². The van der Waals surface area contributed by atoms with Crippen LogP contribution in [0.3, 0.4) is 0 Å². The number of nitrogens with zero attached hydrogens (tertiary/aromatic N) is 1. The fourth-order valence-corrected chi connectivity index (χ4v) is 2.67. The van der Waals surface area contributed by atoms with Crippen molar-refractivity contribution in [2.45, 2.75) is 38.6 Å². The Morgan fingerprint density at radius 2 is 2.05 bits per heavy atom. The maximum absolute atomic E-state index is 12.6. The first-order valence-electron chi connectivity index (χ1n) is 6.80. The van der Waals surface area contributed by atoms with Crippen molar-refractivity contribution in [1.29, 1.82) is 0 Å². The topological polar surface area (TPSA) is 57.6 Å². The van der Waals surface area contributed by atoms with Crippen LogP contribution in [0, 0.1) is 6.92 Å². The Morgan fingerprint density at radius 3 is 2.70 bits per heavy atom. The van der Waals surface area contributed by atoms with Gasteiger partial charge in [-0.15, -0.1) is 0 Å². The SMILES string of the molecule is Cc1cc(C(=O)N2CCCCCC2C(=O)O)ccc1Cl. The largest absolute Gasteiger partial charge is 0.480 e. The Labute approximate surface area is 123 Å². The summed E-state index contributed by atoms with van der Waals surface area (Å²) in [4.78, 5) is 25.4. The standard InChI is InChI=1S/C15H18ClNO3/c1-10-9-11(6-7-12(10)16)14(18)17-8-4-2-3-5-13(17)15(19)20/h6-7,9,13H,2-5,8H2,1H3,(H,19,20). The van der Waals surface area contributed by atoms with Gasteiger partial charge in [-0.2, -0.15) is 0 Å². The van der Waals surface area contributed by atoms with Crippen LogP contribution in [0.5, 0.6) is 0 Å². The van der Waals surface area contributed by atoms with E-state index in [1.807, 2.05) is 6.92 Å². The molecule has 0 bridgehead atoms. The molecule has 1 aromatic rings. The van der Waals surface area contributed by atoms with E-state index in [-0.39, 0.29) is 5.91 Å². The van der Waals surface area contributed by atoms with Crippen molar-refractivity contribution in [3.05, 3.63) is 34.3 Å². The average molecular weight is 296 g/mol. The molecule has 1 fully saturated rings. The molecule has 2 rings (SSSR count). The summed E-state index contributed by atoms with van der Waals surface area (Å²) in [5, 5.41) is 9.92. The third-order valence-corrected chi connectivity index (χ3v) is 4.13. The van der Waals surface area contributed by atoms with Crippen molar-refractivity contribution in [2.75, 3.05) is 6.54 Å². The summed E-state index contributed by atoms with van der Waals surface area (Å²) in [5.74, 6) is -1.15. The Morgan fingerprint density at radius 1 is 1.30 bits per heavy atom. The summed E-state index contributed by atoms with van der Waals surface area (Å²) in [5.41, 5.74) is 1.32. The van der Waals surface area contributed by atoms with Crippen molar-refractivity contribution < 1.29 is 14.7 Å². The van der Waals surface area contributed by atoms with E-state index in [0.717, 1.165) is 24.8 Å². The highest BCUT2D eigenvalue weighted by Gasteiger charge is 2.31. The number of hydrogen-bond donors (Lipinski definition) is 1. The van der Waals surface area contributed by atoms with Crippen LogP contribution in [0.1, 0.15) is 41.6 Å². The monoisotopic (exact) mass is 295 g/mol. The van der Waals surface area contributed by atoms with Crippen LogP contribution in [0.25, 0.3) is 0 Å². The third-order valence-electron chi connectivity index (χ3n) is 3.70. The molecule has 0 spiro atoms. The lowest BCUT2D eigenvalue weighted by molar-refractivity contribution is -0.142. The van der Waals surface area contributed by atoms with Crippen molar-refractivity contribution in [1.82, 2.24) is 4.90 Å². The number of carboxylic acid groups (broad SMARTS) is 1. The number of carbonyl (C=O) groups is 2. The summed E-state index contributed by atoms with van der Waals surface area (Å²) in [6, 6.07) is 4.33. The molecule has 1 unspecified atom stereocenters. The van der Waals surface area contributed by atoms with Crippen molar-refractivity contribution in [3.8, 4) is 0 Å². The normalized spacial score (nSPS) is 19.5. The molecule has 0 radical (unpaired) electrons. The second-order valence-corrected chi connectivity index (χ2v) is 5.57.